The van der Waals surface area contributed by atoms with Crippen molar-refractivity contribution in [2.24, 2.45) is 5.10 Å². The number of hydrogen-bond donors (Lipinski definition) is 1. The number of nitrogens with zero attached hydrogens (tertiary/aromatic N) is 1. The smallest absolute Gasteiger partial charge is 0.244 e. The molecule has 148 valence electrons. The highest BCUT2D eigenvalue weighted by Crippen LogP contribution is 2.18. The number of benzene rings is 3. The quantitative estimate of drug-likeness (QED) is 0.463. The SMILES string of the molecule is COc1ccc(CC(=O)N/N=C\c2ccccc2OCc2ccc(C)cc2)cc1. The summed E-state index contributed by atoms with van der Waals surface area (Å²) in [5.74, 6) is 1.28. The average Bonchev–Trinajstić information content (AvgIpc) is 2.75. The molecular weight excluding hydrogens is 364 g/mol. The van der Waals surface area contributed by atoms with Gasteiger partial charge in [0.2, 0.25) is 5.91 Å². The van der Waals surface area contributed by atoms with E-state index < -0.39 is 0 Å². The number of hydrazone groups is 1. The van der Waals surface area contributed by atoms with E-state index in [0.29, 0.717) is 12.4 Å². The fourth-order valence-electron chi connectivity index (χ4n) is 2.71. The molecule has 0 saturated carbocycles. The molecule has 0 aliphatic carbocycles. The first-order valence-corrected chi connectivity index (χ1v) is 9.36. The molecule has 0 saturated heterocycles. The molecule has 1 N–H and O–H groups in total. The predicted molar refractivity (Wildman–Crippen MR) is 114 cm³/mol. The van der Waals surface area contributed by atoms with E-state index in [4.69, 9.17) is 9.47 Å². The summed E-state index contributed by atoms with van der Waals surface area (Å²) in [7, 11) is 1.61. The van der Waals surface area contributed by atoms with Crippen molar-refractivity contribution in [2.45, 2.75) is 20.0 Å². The third-order valence-electron chi connectivity index (χ3n) is 4.35. The molecule has 3 aromatic rings. The molecule has 29 heavy (non-hydrogen) atoms. The lowest BCUT2D eigenvalue weighted by Crippen LogP contribution is -2.19. The molecule has 0 aliphatic heterocycles. The lowest BCUT2D eigenvalue weighted by Gasteiger charge is -2.09. The summed E-state index contributed by atoms with van der Waals surface area (Å²) in [4.78, 5) is 12.1. The van der Waals surface area contributed by atoms with Gasteiger partial charge in [-0.05, 0) is 42.3 Å². The number of aryl methyl sites for hydroxylation is 1. The van der Waals surface area contributed by atoms with E-state index >= 15 is 0 Å². The first-order chi connectivity index (χ1) is 14.1. The van der Waals surface area contributed by atoms with Crippen molar-refractivity contribution >= 4 is 12.1 Å². The summed E-state index contributed by atoms with van der Waals surface area (Å²) in [5, 5.41) is 4.07. The maximum absolute atomic E-state index is 12.1. The van der Waals surface area contributed by atoms with Crippen molar-refractivity contribution in [3.05, 3.63) is 95.1 Å². The molecular formula is C24H24N2O3. The van der Waals surface area contributed by atoms with Gasteiger partial charge < -0.3 is 9.47 Å². The first kappa shape index (κ1) is 20.1. The predicted octanol–water partition coefficient (Wildman–Crippen LogP) is 4.28. The van der Waals surface area contributed by atoms with Crippen molar-refractivity contribution < 1.29 is 14.3 Å². The van der Waals surface area contributed by atoms with Crippen LogP contribution in [0.2, 0.25) is 0 Å². The Morgan fingerprint density at radius 1 is 0.966 bits per heavy atom. The number of methoxy groups -OCH3 is 1. The van der Waals surface area contributed by atoms with E-state index in [1.807, 2.05) is 60.7 Å². The summed E-state index contributed by atoms with van der Waals surface area (Å²) >= 11 is 0. The van der Waals surface area contributed by atoms with E-state index in [1.54, 1.807) is 13.3 Å². The van der Waals surface area contributed by atoms with Crippen LogP contribution in [0.4, 0.5) is 0 Å². The summed E-state index contributed by atoms with van der Waals surface area (Å²) in [6, 6.07) is 23.2. The molecule has 0 aliphatic rings. The first-order valence-electron chi connectivity index (χ1n) is 9.36. The normalized spacial score (nSPS) is 10.7. The minimum Gasteiger partial charge on any atom is -0.497 e. The van der Waals surface area contributed by atoms with Gasteiger partial charge in [-0.3, -0.25) is 4.79 Å². The van der Waals surface area contributed by atoms with E-state index in [1.165, 1.54) is 5.56 Å². The molecule has 0 bridgehead atoms. The van der Waals surface area contributed by atoms with Crippen LogP contribution in [0.1, 0.15) is 22.3 Å². The van der Waals surface area contributed by atoms with Gasteiger partial charge in [0, 0.05) is 5.56 Å². The van der Waals surface area contributed by atoms with Gasteiger partial charge >= 0.3 is 0 Å². The van der Waals surface area contributed by atoms with E-state index in [2.05, 4.69) is 29.6 Å². The molecule has 0 fully saturated rings. The van der Waals surface area contributed by atoms with Crippen LogP contribution in [0.15, 0.2) is 77.9 Å². The Bertz CT molecular complexity index is 964. The van der Waals surface area contributed by atoms with Crippen LogP contribution in [-0.2, 0) is 17.8 Å². The standard InChI is InChI=1S/C24H24N2O3/c1-18-7-9-20(10-8-18)17-29-23-6-4-3-5-21(23)16-25-26-24(27)15-19-11-13-22(28-2)14-12-19/h3-14,16H,15,17H2,1-2H3,(H,26,27)/b25-16-. The topological polar surface area (TPSA) is 59.9 Å². The number of hydrogen-bond acceptors (Lipinski definition) is 4. The van der Waals surface area contributed by atoms with Crippen LogP contribution in [0, 0.1) is 6.92 Å². The number of amides is 1. The molecule has 5 nitrogen and oxygen atoms in total. The van der Waals surface area contributed by atoms with Gasteiger partial charge in [-0.1, -0.05) is 54.1 Å². The highest BCUT2D eigenvalue weighted by Gasteiger charge is 2.04. The second kappa shape index (κ2) is 10.1. The van der Waals surface area contributed by atoms with Crippen molar-refractivity contribution in [1.29, 1.82) is 0 Å². The van der Waals surface area contributed by atoms with Crippen LogP contribution in [-0.4, -0.2) is 19.2 Å². The third-order valence-corrected chi connectivity index (χ3v) is 4.35. The second-order valence-corrected chi connectivity index (χ2v) is 6.63. The zero-order valence-corrected chi connectivity index (χ0v) is 16.6. The van der Waals surface area contributed by atoms with Crippen molar-refractivity contribution in [2.75, 3.05) is 7.11 Å². The summed E-state index contributed by atoms with van der Waals surface area (Å²) in [5.41, 5.74) is 6.55. The molecule has 0 aromatic heterocycles. The zero-order chi connectivity index (χ0) is 20.5. The lowest BCUT2D eigenvalue weighted by atomic mass is 10.1. The minimum atomic E-state index is -0.190. The number of ether oxygens (including phenoxy) is 2. The van der Waals surface area contributed by atoms with Crippen molar-refractivity contribution in [3.63, 3.8) is 0 Å². The van der Waals surface area contributed by atoms with E-state index in [9.17, 15) is 4.79 Å². The Balaban J connectivity index is 1.55. The number of carbonyl (C=O) groups excluding carboxylic acids is 1. The van der Waals surface area contributed by atoms with E-state index in [-0.39, 0.29) is 12.3 Å². The van der Waals surface area contributed by atoms with Crippen LogP contribution in [0.25, 0.3) is 0 Å². The highest BCUT2D eigenvalue weighted by molar-refractivity contribution is 5.85. The Hall–Kier alpha value is -3.60. The molecule has 5 heteroatoms. The summed E-state index contributed by atoms with van der Waals surface area (Å²) < 4.78 is 11.0. The van der Waals surface area contributed by atoms with Crippen LogP contribution in [0.5, 0.6) is 11.5 Å². The van der Waals surface area contributed by atoms with Gasteiger partial charge in [-0.25, -0.2) is 5.43 Å². The Morgan fingerprint density at radius 3 is 2.38 bits per heavy atom. The highest BCUT2D eigenvalue weighted by atomic mass is 16.5. The van der Waals surface area contributed by atoms with Crippen molar-refractivity contribution in [3.8, 4) is 11.5 Å². The molecule has 3 rings (SSSR count). The third kappa shape index (κ3) is 6.21. The molecule has 0 atom stereocenters. The van der Waals surface area contributed by atoms with Gasteiger partial charge in [-0.2, -0.15) is 5.10 Å². The molecule has 0 radical (unpaired) electrons. The Labute approximate surface area is 171 Å². The maximum Gasteiger partial charge on any atom is 0.244 e. The largest absolute Gasteiger partial charge is 0.497 e. The van der Waals surface area contributed by atoms with Gasteiger partial charge in [0.1, 0.15) is 18.1 Å². The Morgan fingerprint density at radius 2 is 1.66 bits per heavy atom. The summed E-state index contributed by atoms with van der Waals surface area (Å²) in [6.07, 6.45) is 1.84. The molecule has 0 spiro atoms. The number of rotatable bonds is 8. The molecule has 1 amide bonds. The molecule has 0 unspecified atom stereocenters. The lowest BCUT2D eigenvalue weighted by molar-refractivity contribution is -0.120. The number of para-hydroxylation sites is 1. The second-order valence-electron chi connectivity index (χ2n) is 6.63. The van der Waals surface area contributed by atoms with Crippen LogP contribution < -0.4 is 14.9 Å². The average molecular weight is 388 g/mol. The maximum atomic E-state index is 12.1. The minimum absolute atomic E-state index is 0.190. The number of carbonyl (C=O) groups is 1. The monoisotopic (exact) mass is 388 g/mol. The fourth-order valence-corrected chi connectivity index (χ4v) is 2.71. The van der Waals surface area contributed by atoms with E-state index in [0.717, 1.165) is 22.4 Å². The number of nitrogens with one attached hydrogen (secondary N) is 1. The fraction of sp³-hybridized carbons (Fsp3) is 0.167. The van der Waals surface area contributed by atoms with Crippen LogP contribution in [0.3, 0.4) is 0 Å². The Kier molecular flexibility index (Phi) is 7.00. The van der Waals surface area contributed by atoms with Crippen LogP contribution >= 0.6 is 0 Å². The molecule has 3 aromatic carbocycles. The van der Waals surface area contributed by atoms with Gasteiger partial charge in [0.05, 0.1) is 19.7 Å². The van der Waals surface area contributed by atoms with Gasteiger partial charge in [-0.15, -0.1) is 0 Å². The van der Waals surface area contributed by atoms with Crippen molar-refractivity contribution in [1.82, 2.24) is 5.43 Å². The zero-order valence-electron chi connectivity index (χ0n) is 16.6. The van der Waals surface area contributed by atoms with Gasteiger partial charge in [0.15, 0.2) is 0 Å². The summed E-state index contributed by atoms with van der Waals surface area (Å²) in [6.45, 7) is 2.52. The molecule has 0 heterocycles. The van der Waals surface area contributed by atoms with Gasteiger partial charge in [0.25, 0.3) is 0 Å².